The monoisotopic (exact) mass is 428 g/mol. The van der Waals surface area contributed by atoms with E-state index in [1.807, 2.05) is 18.2 Å². The van der Waals surface area contributed by atoms with Gasteiger partial charge in [-0.2, -0.15) is 0 Å². The molecular formula is C23H16F4N2O2. The van der Waals surface area contributed by atoms with Crippen LogP contribution < -0.4 is 10.1 Å². The molecule has 8 heteroatoms. The molecule has 1 aromatic heterocycles. The van der Waals surface area contributed by atoms with Gasteiger partial charge in [-0.25, -0.2) is 4.39 Å². The fourth-order valence-corrected chi connectivity index (χ4v) is 3.36. The summed E-state index contributed by atoms with van der Waals surface area (Å²) in [7, 11) is 0. The lowest BCUT2D eigenvalue weighted by atomic mass is 10.0. The van der Waals surface area contributed by atoms with E-state index in [9.17, 15) is 22.4 Å². The maximum Gasteiger partial charge on any atom is 0.573 e. The lowest BCUT2D eigenvalue weighted by molar-refractivity contribution is -0.274. The average Bonchev–Trinajstić information content (AvgIpc) is 3.10. The van der Waals surface area contributed by atoms with E-state index < -0.39 is 18.1 Å². The van der Waals surface area contributed by atoms with Crippen LogP contribution in [0.25, 0.3) is 22.0 Å². The zero-order valence-corrected chi connectivity index (χ0v) is 16.0. The van der Waals surface area contributed by atoms with Crippen LogP contribution in [0.15, 0.2) is 72.8 Å². The topological polar surface area (TPSA) is 54.1 Å². The van der Waals surface area contributed by atoms with Gasteiger partial charge in [-0.05, 0) is 41.5 Å². The van der Waals surface area contributed by atoms with Crippen molar-refractivity contribution >= 4 is 16.8 Å². The highest BCUT2D eigenvalue weighted by Crippen LogP contribution is 2.33. The maximum absolute atomic E-state index is 13.9. The summed E-state index contributed by atoms with van der Waals surface area (Å²) in [6.07, 6.45) is -4.80. The SMILES string of the molecule is O=C(NCc1cccc(OC(F)(F)F)c1)c1[nH]c2ccc(F)cc2c1-c1ccccc1. The molecule has 0 aliphatic carbocycles. The molecule has 0 atom stereocenters. The summed E-state index contributed by atoms with van der Waals surface area (Å²) in [6, 6.07) is 18.6. The Kier molecular flexibility index (Phi) is 5.37. The number of aromatic amines is 1. The number of hydrogen-bond acceptors (Lipinski definition) is 2. The van der Waals surface area contributed by atoms with Crippen molar-refractivity contribution in [3.63, 3.8) is 0 Å². The number of carbonyl (C=O) groups is 1. The third-order valence-electron chi connectivity index (χ3n) is 4.64. The van der Waals surface area contributed by atoms with Gasteiger partial charge in [-0.1, -0.05) is 42.5 Å². The number of halogens is 4. The van der Waals surface area contributed by atoms with Crippen molar-refractivity contribution in [3.8, 4) is 16.9 Å². The van der Waals surface area contributed by atoms with Crippen molar-refractivity contribution in [2.24, 2.45) is 0 Å². The molecule has 0 spiro atoms. The fraction of sp³-hybridized carbons (Fsp3) is 0.0870. The second-order valence-corrected chi connectivity index (χ2v) is 6.81. The molecule has 0 aliphatic rings. The third-order valence-corrected chi connectivity index (χ3v) is 4.64. The third kappa shape index (κ3) is 4.69. The number of carbonyl (C=O) groups excluding carboxylic acids is 1. The van der Waals surface area contributed by atoms with Crippen LogP contribution in [0.4, 0.5) is 17.6 Å². The van der Waals surface area contributed by atoms with Gasteiger partial charge in [0.05, 0.1) is 0 Å². The summed E-state index contributed by atoms with van der Waals surface area (Å²) in [5.74, 6) is -1.28. The van der Waals surface area contributed by atoms with Crippen molar-refractivity contribution in [1.82, 2.24) is 10.3 Å². The van der Waals surface area contributed by atoms with Crippen LogP contribution in [0.2, 0.25) is 0 Å². The number of ether oxygens (including phenoxy) is 1. The van der Waals surface area contributed by atoms with E-state index in [0.29, 0.717) is 22.0 Å². The minimum atomic E-state index is -4.80. The minimum absolute atomic E-state index is 0.0220. The highest BCUT2D eigenvalue weighted by molar-refractivity contribution is 6.09. The summed E-state index contributed by atoms with van der Waals surface area (Å²) < 4.78 is 55.0. The standard InChI is InChI=1S/C23H16F4N2O2/c24-16-9-10-19-18(12-16)20(15-6-2-1-3-7-15)21(29-19)22(30)28-13-14-5-4-8-17(11-14)31-23(25,26)27/h1-12,29H,13H2,(H,28,30). The summed E-state index contributed by atoms with van der Waals surface area (Å²) in [6.45, 7) is -0.0220. The molecule has 4 nitrogen and oxygen atoms in total. The van der Waals surface area contributed by atoms with Gasteiger partial charge in [0.15, 0.2) is 0 Å². The lowest BCUT2D eigenvalue weighted by Crippen LogP contribution is -2.24. The molecule has 4 rings (SSSR count). The van der Waals surface area contributed by atoms with Gasteiger partial charge in [-0.15, -0.1) is 13.2 Å². The van der Waals surface area contributed by atoms with E-state index in [0.717, 1.165) is 5.56 Å². The molecule has 3 aromatic carbocycles. The molecule has 0 saturated carbocycles. The van der Waals surface area contributed by atoms with Crippen molar-refractivity contribution < 1.29 is 27.1 Å². The molecule has 1 amide bonds. The molecule has 0 saturated heterocycles. The highest BCUT2D eigenvalue weighted by atomic mass is 19.4. The number of amides is 1. The molecule has 1 heterocycles. The van der Waals surface area contributed by atoms with Crippen LogP contribution in [0, 0.1) is 5.82 Å². The number of benzene rings is 3. The van der Waals surface area contributed by atoms with Gasteiger partial charge in [0, 0.05) is 23.0 Å². The van der Waals surface area contributed by atoms with Crippen LogP contribution in [-0.4, -0.2) is 17.3 Å². The van der Waals surface area contributed by atoms with Crippen molar-refractivity contribution in [1.29, 1.82) is 0 Å². The largest absolute Gasteiger partial charge is 0.573 e. The molecule has 0 radical (unpaired) electrons. The van der Waals surface area contributed by atoms with E-state index in [1.54, 1.807) is 24.3 Å². The van der Waals surface area contributed by atoms with Gasteiger partial charge < -0.3 is 15.0 Å². The Labute approximate surface area is 174 Å². The Morgan fingerprint density at radius 1 is 0.968 bits per heavy atom. The summed E-state index contributed by atoms with van der Waals surface area (Å²) in [4.78, 5) is 15.9. The Bertz CT molecular complexity index is 1230. The number of alkyl halides is 3. The molecule has 4 aromatic rings. The van der Waals surface area contributed by atoms with E-state index in [-0.39, 0.29) is 18.0 Å². The molecule has 158 valence electrons. The Balaban J connectivity index is 1.62. The number of H-pyrrole nitrogens is 1. The van der Waals surface area contributed by atoms with E-state index in [2.05, 4.69) is 15.0 Å². The molecule has 0 bridgehead atoms. The fourth-order valence-electron chi connectivity index (χ4n) is 3.36. The summed E-state index contributed by atoms with van der Waals surface area (Å²) in [5, 5.41) is 3.24. The first-order chi connectivity index (χ1) is 14.8. The zero-order valence-electron chi connectivity index (χ0n) is 16.0. The van der Waals surface area contributed by atoms with E-state index in [4.69, 9.17) is 0 Å². The number of hydrogen-bond donors (Lipinski definition) is 2. The van der Waals surface area contributed by atoms with Gasteiger partial charge in [0.1, 0.15) is 17.3 Å². The molecule has 2 N–H and O–H groups in total. The zero-order chi connectivity index (χ0) is 22.0. The van der Waals surface area contributed by atoms with Crippen LogP contribution >= 0.6 is 0 Å². The smallest absolute Gasteiger partial charge is 0.406 e. The van der Waals surface area contributed by atoms with Crippen LogP contribution in [0.3, 0.4) is 0 Å². The Morgan fingerprint density at radius 3 is 2.48 bits per heavy atom. The van der Waals surface area contributed by atoms with Gasteiger partial charge in [0.2, 0.25) is 0 Å². The molecule has 0 aliphatic heterocycles. The van der Waals surface area contributed by atoms with Crippen molar-refractivity contribution in [2.75, 3.05) is 0 Å². The minimum Gasteiger partial charge on any atom is -0.406 e. The molecule has 31 heavy (non-hydrogen) atoms. The average molecular weight is 428 g/mol. The van der Waals surface area contributed by atoms with Gasteiger partial charge >= 0.3 is 6.36 Å². The first-order valence-electron chi connectivity index (χ1n) is 9.30. The summed E-state index contributed by atoms with van der Waals surface area (Å²) >= 11 is 0. The van der Waals surface area contributed by atoms with E-state index in [1.165, 1.54) is 30.3 Å². The molecule has 0 fully saturated rings. The van der Waals surface area contributed by atoms with Gasteiger partial charge in [-0.3, -0.25) is 4.79 Å². The number of rotatable bonds is 5. The maximum atomic E-state index is 13.9. The summed E-state index contributed by atoms with van der Waals surface area (Å²) in [5.41, 5.74) is 2.52. The molecule has 0 unspecified atom stereocenters. The van der Waals surface area contributed by atoms with Gasteiger partial charge in [0.25, 0.3) is 5.91 Å². The first kappa shape index (κ1) is 20.5. The second-order valence-electron chi connectivity index (χ2n) is 6.81. The van der Waals surface area contributed by atoms with Crippen LogP contribution in [0.5, 0.6) is 5.75 Å². The van der Waals surface area contributed by atoms with E-state index >= 15 is 0 Å². The lowest BCUT2D eigenvalue weighted by Gasteiger charge is -2.11. The number of fused-ring (bicyclic) bond motifs is 1. The van der Waals surface area contributed by atoms with Crippen molar-refractivity contribution in [3.05, 3.63) is 89.9 Å². The number of aromatic nitrogens is 1. The predicted molar refractivity (Wildman–Crippen MR) is 108 cm³/mol. The quantitative estimate of drug-likeness (QED) is 0.395. The first-order valence-corrected chi connectivity index (χ1v) is 9.30. The molecular weight excluding hydrogens is 412 g/mol. The predicted octanol–water partition coefficient (Wildman–Crippen LogP) is 5.80. The Hall–Kier alpha value is -3.81. The van der Waals surface area contributed by atoms with Crippen LogP contribution in [0.1, 0.15) is 16.1 Å². The normalized spacial score (nSPS) is 11.5. The highest BCUT2D eigenvalue weighted by Gasteiger charge is 2.31. The Morgan fingerprint density at radius 2 is 1.74 bits per heavy atom. The second kappa shape index (κ2) is 8.14. The number of nitrogens with one attached hydrogen (secondary N) is 2. The van der Waals surface area contributed by atoms with Crippen molar-refractivity contribution in [2.45, 2.75) is 12.9 Å². The van der Waals surface area contributed by atoms with Crippen LogP contribution in [-0.2, 0) is 6.54 Å².